The number of carbonyl (C=O) groups is 4. The predicted octanol–water partition coefficient (Wildman–Crippen LogP) is -0.136. The molecule has 0 aromatic rings. The number of carboxylic acid groups (broad SMARTS) is 1. The molecule has 0 aliphatic heterocycles. The highest BCUT2D eigenvalue weighted by molar-refractivity contribution is 8.13. The molecule has 0 saturated heterocycles. The summed E-state index contributed by atoms with van der Waals surface area (Å²) >= 11 is 0.804. The number of nitrogens with zero attached hydrogens (tertiary/aromatic N) is 1. The molecule has 2 atom stereocenters. The third kappa shape index (κ3) is 11.6. The fourth-order valence-corrected chi connectivity index (χ4v) is 2.71. The van der Waals surface area contributed by atoms with Gasteiger partial charge in [-0.2, -0.15) is 0 Å². The van der Waals surface area contributed by atoms with Gasteiger partial charge in [-0.25, -0.2) is 4.79 Å². The van der Waals surface area contributed by atoms with Crippen LogP contribution in [0.3, 0.4) is 0 Å². The van der Waals surface area contributed by atoms with Crippen molar-refractivity contribution < 1.29 is 33.5 Å². The maximum absolute atomic E-state index is 12.0. The molecule has 0 saturated carbocycles. The molecule has 0 fully saturated rings. The van der Waals surface area contributed by atoms with E-state index in [-0.39, 0.29) is 17.3 Å². The Kier molecular flexibility index (Phi) is 8.85. The number of rotatable bonds is 9. The molecular formula is C14H25N2O6S+. The Labute approximate surface area is 140 Å². The summed E-state index contributed by atoms with van der Waals surface area (Å²) in [5.74, 6) is -2.23. The summed E-state index contributed by atoms with van der Waals surface area (Å²) in [7, 11) is 5.72. The lowest BCUT2D eigenvalue weighted by Gasteiger charge is -2.28. The Balaban J connectivity index is 4.58. The van der Waals surface area contributed by atoms with Crippen LogP contribution in [-0.4, -0.2) is 78.1 Å². The summed E-state index contributed by atoms with van der Waals surface area (Å²) in [4.78, 5) is 45.0. The summed E-state index contributed by atoms with van der Waals surface area (Å²) in [5, 5.41) is 10.9. The summed E-state index contributed by atoms with van der Waals surface area (Å²) in [5.41, 5.74) is 0. The Hall–Kier alpha value is -1.61. The van der Waals surface area contributed by atoms with E-state index in [2.05, 4.69) is 5.32 Å². The number of ether oxygens (including phenoxy) is 1. The summed E-state index contributed by atoms with van der Waals surface area (Å²) in [6.07, 6.45) is -0.580. The Morgan fingerprint density at radius 1 is 1.17 bits per heavy atom. The number of amides is 1. The molecule has 0 spiro atoms. The second-order valence-electron chi connectivity index (χ2n) is 6.18. The molecule has 0 aliphatic rings. The molecule has 0 radical (unpaired) electrons. The van der Waals surface area contributed by atoms with Crippen molar-refractivity contribution in [2.75, 3.05) is 33.4 Å². The number of likely N-dealkylation sites (N-methyl/N-ethyl adjacent to an activating group) is 1. The number of nitrogens with one attached hydrogen (secondary N) is 1. The normalized spacial score (nSPS) is 13.8. The number of hydrogen-bond acceptors (Lipinski definition) is 6. The highest BCUT2D eigenvalue weighted by Gasteiger charge is 2.26. The van der Waals surface area contributed by atoms with Crippen LogP contribution in [-0.2, 0) is 23.9 Å². The van der Waals surface area contributed by atoms with Crippen LogP contribution in [0.5, 0.6) is 0 Å². The molecule has 8 nitrogen and oxygen atoms in total. The second-order valence-corrected chi connectivity index (χ2v) is 7.26. The summed E-state index contributed by atoms with van der Waals surface area (Å²) < 4.78 is 5.65. The molecule has 0 aromatic heterocycles. The van der Waals surface area contributed by atoms with Gasteiger partial charge in [-0.3, -0.25) is 14.4 Å². The van der Waals surface area contributed by atoms with Gasteiger partial charge in [-0.1, -0.05) is 11.8 Å². The zero-order valence-electron chi connectivity index (χ0n) is 14.1. The maximum Gasteiger partial charge on any atom is 0.327 e. The maximum atomic E-state index is 12.0. The zero-order valence-corrected chi connectivity index (χ0v) is 14.9. The van der Waals surface area contributed by atoms with Gasteiger partial charge in [0.2, 0.25) is 5.91 Å². The average Bonchev–Trinajstić information content (AvgIpc) is 2.30. The van der Waals surface area contributed by atoms with Crippen molar-refractivity contribution in [3.63, 3.8) is 0 Å². The lowest BCUT2D eigenvalue weighted by atomic mass is 10.2. The van der Waals surface area contributed by atoms with Gasteiger partial charge in [0.05, 0.1) is 27.6 Å². The zero-order chi connectivity index (χ0) is 18.2. The minimum Gasteiger partial charge on any atom is -0.480 e. The van der Waals surface area contributed by atoms with Gasteiger partial charge >= 0.3 is 11.9 Å². The van der Waals surface area contributed by atoms with Gasteiger partial charge in [0, 0.05) is 19.6 Å². The van der Waals surface area contributed by atoms with E-state index in [1.165, 1.54) is 13.8 Å². The Bertz CT molecular complexity index is 461. The van der Waals surface area contributed by atoms with Crippen LogP contribution >= 0.6 is 11.8 Å². The standard InChI is InChI=1S/C14H24N2O6S/c1-9(17)15-12(14(20)21)8-23-13(19)6-11(22-10(2)18)7-16(3,4)5/h11-12H,6-8H2,1-5H3,(H-,15,17,20,21)/p+1/t11-,12?/m1/s1. The second kappa shape index (κ2) is 9.51. The van der Waals surface area contributed by atoms with E-state index < -0.39 is 30.0 Å². The van der Waals surface area contributed by atoms with E-state index in [1.54, 1.807) is 0 Å². The number of quaternary nitrogens is 1. The molecule has 0 aromatic carbocycles. The monoisotopic (exact) mass is 349 g/mol. The number of carboxylic acids is 1. The number of aliphatic carboxylic acids is 1. The predicted molar refractivity (Wildman–Crippen MR) is 85.8 cm³/mol. The fraction of sp³-hybridized carbons (Fsp3) is 0.714. The fourth-order valence-electron chi connectivity index (χ4n) is 1.83. The minimum absolute atomic E-state index is 0.00776. The third-order valence-corrected chi connectivity index (χ3v) is 3.55. The number of thioether (sulfide) groups is 1. The van der Waals surface area contributed by atoms with E-state index in [4.69, 9.17) is 9.84 Å². The van der Waals surface area contributed by atoms with Gasteiger partial charge in [0.25, 0.3) is 0 Å². The summed E-state index contributed by atoms with van der Waals surface area (Å²) in [6, 6.07) is -1.13. The molecule has 0 aliphatic carbocycles. The first kappa shape index (κ1) is 21.4. The lowest BCUT2D eigenvalue weighted by molar-refractivity contribution is -0.873. The van der Waals surface area contributed by atoms with Crippen molar-refractivity contribution in [3.05, 3.63) is 0 Å². The highest BCUT2D eigenvalue weighted by Crippen LogP contribution is 2.14. The quantitative estimate of drug-likeness (QED) is 0.440. The Morgan fingerprint density at radius 2 is 1.74 bits per heavy atom. The molecule has 0 rings (SSSR count). The molecule has 0 bridgehead atoms. The minimum atomic E-state index is -1.21. The number of carbonyl (C=O) groups excluding carboxylic acids is 3. The van der Waals surface area contributed by atoms with Crippen LogP contribution in [0.15, 0.2) is 0 Å². The van der Waals surface area contributed by atoms with Gasteiger partial charge < -0.3 is 19.6 Å². The van der Waals surface area contributed by atoms with Crippen LogP contribution in [0.2, 0.25) is 0 Å². The van der Waals surface area contributed by atoms with Crippen molar-refractivity contribution in [2.24, 2.45) is 0 Å². The van der Waals surface area contributed by atoms with E-state index in [0.29, 0.717) is 11.0 Å². The molecule has 23 heavy (non-hydrogen) atoms. The SMILES string of the molecule is CC(=O)NC(CSC(=O)C[C@H](C[N+](C)(C)C)OC(C)=O)C(=O)O. The van der Waals surface area contributed by atoms with E-state index >= 15 is 0 Å². The highest BCUT2D eigenvalue weighted by atomic mass is 32.2. The van der Waals surface area contributed by atoms with Crippen molar-refractivity contribution in [3.8, 4) is 0 Å². The largest absolute Gasteiger partial charge is 0.480 e. The van der Waals surface area contributed by atoms with Gasteiger partial charge in [-0.15, -0.1) is 0 Å². The molecule has 1 unspecified atom stereocenters. The van der Waals surface area contributed by atoms with Crippen molar-refractivity contribution in [1.29, 1.82) is 0 Å². The van der Waals surface area contributed by atoms with Crippen molar-refractivity contribution in [2.45, 2.75) is 32.4 Å². The topological polar surface area (TPSA) is 110 Å². The van der Waals surface area contributed by atoms with Crippen LogP contribution in [0.1, 0.15) is 20.3 Å². The first-order valence-electron chi connectivity index (χ1n) is 7.04. The van der Waals surface area contributed by atoms with Crippen molar-refractivity contribution in [1.82, 2.24) is 5.32 Å². The molecule has 9 heteroatoms. The van der Waals surface area contributed by atoms with Gasteiger partial charge in [0.15, 0.2) is 11.2 Å². The van der Waals surface area contributed by atoms with E-state index in [9.17, 15) is 19.2 Å². The Morgan fingerprint density at radius 3 is 2.13 bits per heavy atom. The third-order valence-electron chi connectivity index (χ3n) is 2.56. The van der Waals surface area contributed by atoms with E-state index in [0.717, 1.165) is 11.8 Å². The average molecular weight is 349 g/mol. The smallest absolute Gasteiger partial charge is 0.327 e. The van der Waals surface area contributed by atoms with Crippen LogP contribution in [0.25, 0.3) is 0 Å². The molecule has 1 amide bonds. The molecule has 132 valence electrons. The molecular weight excluding hydrogens is 324 g/mol. The number of esters is 1. The molecule has 0 heterocycles. The van der Waals surface area contributed by atoms with Crippen molar-refractivity contribution >= 4 is 34.7 Å². The van der Waals surface area contributed by atoms with Gasteiger partial charge in [0.1, 0.15) is 12.6 Å². The van der Waals surface area contributed by atoms with Crippen LogP contribution < -0.4 is 5.32 Å². The first-order chi connectivity index (χ1) is 10.4. The summed E-state index contributed by atoms with van der Waals surface area (Å²) in [6.45, 7) is 2.94. The van der Waals surface area contributed by atoms with Gasteiger partial charge in [-0.05, 0) is 0 Å². The van der Waals surface area contributed by atoms with E-state index in [1.807, 2.05) is 21.1 Å². The lowest BCUT2D eigenvalue weighted by Crippen LogP contribution is -2.44. The van der Waals surface area contributed by atoms with Crippen LogP contribution in [0, 0.1) is 0 Å². The number of hydrogen-bond donors (Lipinski definition) is 2. The first-order valence-corrected chi connectivity index (χ1v) is 8.02. The van der Waals surface area contributed by atoms with Crippen LogP contribution in [0.4, 0.5) is 0 Å². The molecule has 2 N–H and O–H groups in total.